The Bertz CT molecular complexity index is 614. The van der Waals surface area contributed by atoms with Crippen LogP contribution in [0.4, 0.5) is 5.69 Å². The first kappa shape index (κ1) is 10.8. The molecule has 1 aliphatic heterocycles. The molecule has 0 saturated heterocycles. The predicted octanol–water partition coefficient (Wildman–Crippen LogP) is 3.26. The van der Waals surface area contributed by atoms with Crippen LogP contribution in [0.15, 0.2) is 60.7 Å². The predicted molar refractivity (Wildman–Crippen MR) is 73.2 cm³/mol. The molecule has 2 aromatic carbocycles. The molecule has 1 amide bonds. The van der Waals surface area contributed by atoms with Gasteiger partial charge in [-0.3, -0.25) is 4.79 Å². The van der Waals surface area contributed by atoms with Crippen LogP contribution in [-0.4, -0.2) is 5.91 Å². The number of anilines is 1. The third-order valence-electron chi connectivity index (χ3n) is 3.12. The fraction of sp³-hybridized carbons (Fsp3) is 0.0625. The lowest BCUT2D eigenvalue weighted by atomic mass is 10.0. The molecule has 0 spiro atoms. The minimum atomic E-state index is -0.0360. The number of benzene rings is 2. The van der Waals surface area contributed by atoms with E-state index < -0.39 is 0 Å². The number of hydrogen-bond donors (Lipinski definition) is 1. The largest absolute Gasteiger partial charge is 0.322 e. The lowest BCUT2D eigenvalue weighted by Gasteiger charge is -2.07. The van der Waals surface area contributed by atoms with E-state index in [1.807, 2.05) is 60.7 Å². The van der Waals surface area contributed by atoms with E-state index in [9.17, 15) is 4.79 Å². The Morgan fingerprint density at radius 1 is 0.889 bits per heavy atom. The Morgan fingerprint density at radius 3 is 2.44 bits per heavy atom. The van der Waals surface area contributed by atoms with Crippen molar-refractivity contribution in [2.24, 2.45) is 0 Å². The maximum atomic E-state index is 12.2. The molecule has 0 aliphatic carbocycles. The highest BCUT2D eigenvalue weighted by Crippen LogP contribution is 2.25. The van der Waals surface area contributed by atoms with E-state index in [4.69, 9.17) is 0 Å². The van der Waals surface area contributed by atoms with Crippen LogP contribution in [0.25, 0.3) is 5.57 Å². The molecule has 0 bridgehead atoms. The first-order chi connectivity index (χ1) is 8.84. The summed E-state index contributed by atoms with van der Waals surface area (Å²) in [6, 6.07) is 17.7. The fourth-order valence-corrected chi connectivity index (χ4v) is 2.18. The quantitative estimate of drug-likeness (QED) is 0.807. The number of rotatable bonds is 1. The number of hydrogen-bond acceptors (Lipinski definition) is 1. The SMILES string of the molecule is O=C1Nc2ccccc2CC=C1c1ccccc1. The van der Waals surface area contributed by atoms with Crippen molar-refractivity contribution in [2.45, 2.75) is 6.42 Å². The van der Waals surface area contributed by atoms with Gasteiger partial charge in [0.15, 0.2) is 0 Å². The molecule has 0 fully saturated rings. The van der Waals surface area contributed by atoms with E-state index in [1.54, 1.807) is 0 Å². The summed E-state index contributed by atoms with van der Waals surface area (Å²) in [4.78, 5) is 12.2. The number of carbonyl (C=O) groups excluding carboxylic acids is 1. The monoisotopic (exact) mass is 235 g/mol. The molecule has 1 aliphatic rings. The lowest BCUT2D eigenvalue weighted by molar-refractivity contribution is -0.111. The van der Waals surface area contributed by atoms with E-state index in [2.05, 4.69) is 5.32 Å². The summed E-state index contributed by atoms with van der Waals surface area (Å²) >= 11 is 0. The normalized spacial score (nSPS) is 14.2. The van der Waals surface area contributed by atoms with Crippen molar-refractivity contribution in [3.05, 3.63) is 71.8 Å². The van der Waals surface area contributed by atoms with Crippen molar-refractivity contribution >= 4 is 17.2 Å². The Labute approximate surface area is 106 Å². The summed E-state index contributed by atoms with van der Waals surface area (Å²) in [5.41, 5.74) is 3.76. The molecule has 3 rings (SSSR count). The second-order valence-corrected chi connectivity index (χ2v) is 4.30. The second-order valence-electron chi connectivity index (χ2n) is 4.30. The van der Waals surface area contributed by atoms with Gasteiger partial charge in [-0.2, -0.15) is 0 Å². The van der Waals surface area contributed by atoms with Gasteiger partial charge in [0.05, 0.1) is 0 Å². The van der Waals surface area contributed by atoms with Gasteiger partial charge in [-0.25, -0.2) is 0 Å². The zero-order valence-electron chi connectivity index (χ0n) is 9.89. The molecule has 2 aromatic rings. The van der Waals surface area contributed by atoms with Gasteiger partial charge in [0.2, 0.25) is 0 Å². The highest BCUT2D eigenvalue weighted by molar-refractivity contribution is 6.25. The van der Waals surface area contributed by atoms with Crippen LogP contribution < -0.4 is 5.32 Å². The summed E-state index contributed by atoms with van der Waals surface area (Å²) in [5.74, 6) is -0.0360. The molecule has 0 saturated carbocycles. The second kappa shape index (κ2) is 4.49. The van der Waals surface area contributed by atoms with E-state index in [0.717, 1.165) is 28.8 Å². The third kappa shape index (κ3) is 1.93. The Balaban J connectivity index is 2.01. The summed E-state index contributed by atoms with van der Waals surface area (Å²) < 4.78 is 0. The highest BCUT2D eigenvalue weighted by Gasteiger charge is 2.16. The molecule has 2 nitrogen and oxygen atoms in total. The van der Waals surface area contributed by atoms with Crippen LogP contribution in [0.1, 0.15) is 11.1 Å². The Morgan fingerprint density at radius 2 is 1.61 bits per heavy atom. The van der Waals surface area contributed by atoms with Gasteiger partial charge in [-0.05, 0) is 23.6 Å². The van der Waals surface area contributed by atoms with Crippen LogP contribution in [0, 0.1) is 0 Å². The molecule has 88 valence electrons. The number of para-hydroxylation sites is 1. The fourth-order valence-electron chi connectivity index (χ4n) is 2.18. The summed E-state index contributed by atoms with van der Waals surface area (Å²) in [7, 11) is 0. The van der Waals surface area contributed by atoms with Gasteiger partial charge in [0, 0.05) is 11.3 Å². The van der Waals surface area contributed by atoms with Crippen LogP contribution in [-0.2, 0) is 11.2 Å². The van der Waals surface area contributed by atoms with Crippen molar-refractivity contribution in [3.8, 4) is 0 Å². The van der Waals surface area contributed by atoms with Crippen molar-refractivity contribution in [2.75, 3.05) is 5.32 Å². The van der Waals surface area contributed by atoms with Gasteiger partial charge >= 0.3 is 0 Å². The van der Waals surface area contributed by atoms with Crippen molar-refractivity contribution in [1.82, 2.24) is 0 Å². The van der Waals surface area contributed by atoms with E-state index in [-0.39, 0.29) is 5.91 Å². The van der Waals surface area contributed by atoms with Gasteiger partial charge in [0.25, 0.3) is 5.91 Å². The topological polar surface area (TPSA) is 29.1 Å². The maximum Gasteiger partial charge on any atom is 0.255 e. The summed E-state index contributed by atoms with van der Waals surface area (Å²) in [6.45, 7) is 0. The maximum absolute atomic E-state index is 12.2. The number of allylic oxidation sites excluding steroid dienone is 1. The first-order valence-electron chi connectivity index (χ1n) is 5.99. The van der Waals surface area contributed by atoms with Gasteiger partial charge in [-0.1, -0.05) is 54.6 Å². The number of carbonyl (C=O) groups is 1. The van der Waals surface area contributed by atoms with E-state index >= 15 is 0 Å². The minimum absolute atomic E-state index is 0.0360. The molecule has 1 N–H and O–H groups in total. The minimum Gasteiger partial charge on any atom is -0.322 e. The average Bonchev–Trinajstić information content (AvgIpc) is 2.58. The Kier molecular flexibility index (Phi) is 2.69. The smallest absolute Gasteiger partial charge is 0.255 e. The number of amides is 1. The molecule has 0 radical (unpaired) electrons. The molecule has 1 heterocycles. The molecule has 0 atom stereocenters. The standard InChI is InChI=1S/C16H13NO/c18-16-14(12-6-2-1-3-7-12)11-10-13-8-4-5-9-15(13)17-16/h1-9,11H,10H2,(H,17,18). The van der Waals surface area contributed by atoms with Gasteiger partial charge in [0.1, 0.15) is 0 Å². The molecular weight excluding hydrogens is 222 g/mol. The average molecular weight is 235 g/mol. The molecular formula is C16H13NO. The van der Waals surface area contributed by atoms with Gasteiger partial charge < -0.3 is 5.32 Å². The lowest BCUT2D eigenvalue weighted by Crippen LogP contribution is -2.12. The van der Waals surface area contributed by atoms with Crippen LogP contribution in [0.2, 0.25) is 0 Å². The summed E-state index contributed by atoms with van der Waals surface area (Å²) in [5, 5.41) is 2.96. The van der Waals surface area contributed by atoms with E-state index in [1.165, 1.54) is 0 Å². The number of fused-ring (bicyclic) bond motifs is 1. The molecule has 18 heavy (non-hydrogen) atoms. The van der Waals surface area contributed by atoms with Crippen LogP contribution in [0.5, 0.6) is 0 Å². The third-order valence-corrected chi connectivity index (χ3v) is 3.12. The first-order valence-corrected chi connectivity index (χ1v) is 5.99. The highest BCUT2D eigenvalue weighted by atomic mass is 16.1. The zero-order chi connectivity index (χ0) is 12.4. The van der Waals surface area contributed by atoms with Crippen molar-refractivity contribution in [3.63, 3.8) is 0 Å². The summed E-state index contributed by atoms with van der Waals surface area (Å²) in [6.07, 6.45) is 2.77. The molecule has 0 unspecified atom stereocenters. The van der Waals surface area contributed by atoms with Crippen molar-refractivity contribution in [1.29, 1.82) is 0 Å². The molecule has 2 heteroatoms. The van der Waals surface area contributed by atoms with Crippen LogP contribution in [0.3, 0.4) is 0 Å². The molecule has 0 aromatic heterocycles. The Hall–Kier alpha value is -2.35. The van der Waals surface area contributed by atoms with Crippen LogP contribution >= 0.6 is 0 Å². The zero-order valence-corrected chi connectivity index (χ0v) is 9.89. The van der Waals surface area contributed by atoms with Crippen molar-refractivity contribution < 1.29 is 4.79 Å². The van der Waals surface area contributed by atoms with E-state index in [0.29, 0.717) is 0 Å². The number of nitrogens with one attached hydrogen (secondary N) is 1. The van der Waals surface area contributed by atoms with Gasteiger partial charge in [-0.15, -0.1) is 0 Å².